The number of carbonyl (C=O) groups excluding carboxylic acids is 3. The molecule has 1 aromatic heterocycles. The number of anilines is 1. The van der Waals surface area contributed by atoms with Crippen molar-refractivity contribution in [2.75, 3.05) is 11.9 Å². The van der Waals surface area contributed by atoms with Crippen LogP contribution >= 0.6 is 22.9 Å². The molecule has 1 aliphatic rings. The largest absolute Gasteiger partial charge is 0.329 e. The smallest absolute Gasteiger partial charge is 0.325 e. The lowest BCUT2D eigenvalue weighted by atomic mass is 10.1. The SMILES string of the molecule is Cc1ccc(-c2csc(/C=C3\NC(=O)N(CC(=O)Nc4ccc(Cl)cc4)C3=O)c2)cc1. The summed E-state index contributed by atoms with van der Waals surface area (Å²) in [6.07, 6.45) is 1.62. The number of amides is 4. The molecule has 0 spiro atoms. The Kier molecular flexibility index (Phi) is 5.88. The lowest BCUT2D eigenvalue weighted by molar-refractivity contribution is -0.127. The average molecular weight is 452 g/mol. The van der Waals surface area contributed by atoms with Gasteiger partial charge in [0.15, 0.2) is 0 Å². The molecule has 0 aliphatic carbocycles. The predicted octanol–water partition coefficient (Wildman–Crippen LogP) is 4.91. The maximum atomic E-state index is 12.6. The summed E-state index contributed by atoms with van der Waals surface area (Å²) in [4.78, 5) is 38.8. The Bertz CT molecular complexity index is 1180. The third-order valence-electron chi connectivity index (χ3n) is 4.68. The fourth-order valence-corrected chi connectivity index (χ4v) is 4.03. The summed E-state index contributed by atoms with van der Waals surface area (Å²) in [6, 6.07) is 16.0. The van der Waals surface area contributed by atoms with Crippen molar-refractivity contribution in [1.29, 1.82) is 0 Å². The molecule has 0 radical (unpaired) electrons. The Labute approximate surface area is 188 Å². The highest BCUT2D eigenvalue weighted by Crippen LogP contribution is 2.28. The van der Waals surface area contributed by atoms with Crippen molar-refractivity contribution in [1.82, 2.24) is 10.2 Å². The van der Waals surface area contributed by atoms with Gasteiger partial charge >= 0.3 is 6.03 Å². The molecule has 2 heterocycles. The van der Waals surface area contributed by atoms with Crippen LogP contribution in [0, 0.1) is 6.92 Å². The minimum atomic E-state index is -0.627. The lowest BCUT2D eigenvalue weighted by Crippen LogP contribution is -2.38. The van der Waals surface area contributed by atoms with Crippen LogP contribution in [-0.4, -0.2) is 29.3 Å². The monoisotopic (exact) mass is 451 g/mol. The fraction of sp³-hybridized carbons (Fsp3) is 0.0870. The number of rotatable bonds is 5. The molecular formula is C23H18ClN3O3S. The first-order valence-electron chi connectivity index (χ1n) is 9.44. The number of urea groups is 1. The zero-order valence-corrected chi connectivity index (χ0v) is 18.1. The summed E-state index contributed by atoms with van der Waals surface area (Å²) in [5.41, 5.74) is 3.96. The van der Waals surface area contributed by atoms with Gasteiger partial charge in [0.1, 0.15) is 12.2 Å². The average Bonchev–Trinajstić information content (AvgIpc) is 3.31. The third kappa shape index (κ3) is 4.84. The van der Waals surface area contributed by atoms with Crippen LogP contribution in [-0.2, 0) is 9.59 Å². The van der Waals surface area contributed by atoms with E-state index in [4.69, 9.17) is 11.6 Å². The van der Waals surface area contributed by atoms with Crippen LogP contribution in [0.2, 0.25) is 5.02 Å². The Morgan fingerprint density at radius 1 is 1.10 bits per heavy atom. The van der Waals surface area contributed by atoms with Gasteiger partial charge in [-0.1, -0.05) is 41.4 Å². The Hall–Kier alpha value is -3.42. The number of nitrogens with zero attached hydrogens (tertiary/aromatic N) is 1. The molecule has 6 nitrogen and oxygen atoms in total. The van der Waals surface area contributed by atoms with Crippen LogP contribution in [0.1, 0.15) is 10.4 Å². The van der Waals surface area contributed by atoms with Crippen LogP contribution in [0.3, 0.4) is 0 Å². The van der Waals surface area contributed by atoms with E-state index in [9.17, 15) is 14.4 Å². The van der Waals surface area contributed by atoms with Crippen LogP contribution in [0.5, 0.6) is 0 Å². The number of thiophene rings is 1. The van der Waals surface area contributed by atoms with Crippen LogP contribution in [0.25, 0.3) is 17.2 Å². The second kappa shape index (κ2) is 8.75. The first-order chi connectivity index (χ1) is 14.9. The quantitative estimate of drug-likeness (QED) is 0.427. The summed E-state index contributed by atoms with van der Waals surface area (Å²) in [5.74, 6) is -1.02. The zero-order chi connectivity index (χ0) is 22.0. The summed E-state index contributed by atoms with van der Waals surface area (Å²) in [7, 11) is 0. The van der Waals surface area contributed by atoms with E-state index >= 15 is 0 Å². The summed E-state index contributed by atoms with van der Waals surface area (Å²) in [5, 5.41) is 7.72. The lowest BCUT2D eigenvalue weighted by Gasteiger charge is -2.11. The van der Waals surface area contributed by atoms with Gasteiger partial charge < -0.3 is 10.6 Å². The molecule has 1 saturated heterocycles. The van der Waals surface area contributed by atoms with Crippen molar-refractivity contribution >= 4 is 52.5 Å². The molecule has 8 heteroatoms. The highest BCUT2D eigenvalue weighted by molar-refractivity contribution is 7.11. The van der Waals surface area contributed by atoms with E-state index in [0.29, 0.717) is 10.7 Å². The van der Waals surface area contributed by atoms with Crippen molar-refractivity contribution in [3.05, 3.63) is 81.1 Å². The molecule has 0 atom stereocenters. The highest BCUT2D eigenvalue weighted by Gasteiger charge is 2.35. The summed E-state index contributed by atoms with van der Waals surface area (Å²) in [6.45, 7) is 1.65. The van der Waals surface area contributed by atoms with Gasteiger partial charge in [-0.3, -0.25) is 9.59 Å². The van der Waals surface area contributed by atoms with Gasteiger partial charge in [-0.15, -0.1) is 11.3 Å². The van der Waals surface area contributed by atoms with Gasteiger partial charge in [0.25, 0.3) is 5.91 Å². The van der Waals surface area contributed by atoms with E-state index in [0.717, 1.165) is 20.9 Å². The fourth-order valence-electron chi connectivity index (χ4n) is 3.06. The van der Waals surface area contributed by atoms with Gasteiger partial charge in [0.2, 0.25) is 5.91 Å². The molecule has 0 unspecified atom stereocenters. The highest BCUT2D eigenvalue weighted by atomic mass is 35.5. The van der Waals surface area contributed by atoms with E-state index in [-0.39, 0.29) is 12.2 Å². The van der Waals surface area contributed by atoms with E-state index in [1.807, 2.05) is 42.6 Å². The van der Waals surface area contributed by atoms with Crippen molar-refractivity contribution < 1.29 is 14.4 Å². The van der Waals surface area contributed by atoms with Crippen molar-refractivity contribution in [2.24, 2.45) is 0 Å². The first kappa shape index (κ1) is 20.8. The molecule has 156 valence electrons. The molecule has 0 saturated carbocycles. The molecule has 1 aliphatic heterocycles. The molecule has 2 aromatic carbocycles. The molecule has 1 fully saturated rings. The van der Waals surface area contributed by atoms with Crippen LogP contribution in [0.4, 0.5) is 10.5 Å². The van der Waals surface area contributed by atoms with Crippen molar-refractivity contribution in [2.45, 2.75) is 6.92 Å². The summed E-state index contributed by atoms with van der Waals surface area (Å²) < 4.78 is 0. The maximum Gasteiger partial charge on any atom is 0.329 e. The number of benzene rings is 2. The third-order valence-corrected chi connectivity index (χ3v) is 5.81. The van der Waals surface area contributed by atoms with Gasteiger partial charge in [0.05, 0.1) is 0 Å². The number of hydrogen-bond acceptors (Lipinski definition) is 4. The normalized spacial score (nSPS) is 14.8. The molecule has 2 N–H and O–H groups in total. The van der Waals surface area contributed by atoms with Gasteiger partial charge in [-0.05, 0) is 59.8 Å². The standard InChI is InChI=1S/C23H18ClN3O3S/c1-14-2-4-15(5-3-14)16-10-19(31-13-16)11-20-22(29)27(23(30)26-20)12-21(28)25-18-8-6-17(24)7-9-18/h2-11,13H,12H2,1H3,(H,25,28)(H,26,30)/b20-11-. The minimum absolute atomic E-state index is 0.140. The van der Waals surface area contributed by atoms with E-state index in [1.165, 1.54) is 16.9 Å². The topological polar surface area (TPSA) is 78.5 Å². The molecule has 4 rings (SSSR count). The Morgan fingerprint density at radius 2 is 1.81 bits per heavy atom. The number of carbonyl (C=O) groups is 3. The van der Waals surface area contributed by atoms with E-state index in [2.05, 4.69) is 10.6 Å². The van der Waals surface area contributed by atoms with Gasteiger partial charge in [-0.2, -0.15) is 0 Å². The zero-order valence-electron chi connectivity index (χ0n) is 16.5. The van der Waals surface area contributed by atoms with E-state index in [1.54, 1.807) is 30.3 Å². The minimum Gasteiger partial charge on any atom is -0.325 e. The van der Waals surface area contributed by atoms with Crippen molar-refractivity contribution in [3.63, 3.8) is 0 Å². The van der Waals surface area contributed by atoms with E-state index < -0.39 is 17.8 Å². The Balaban J connectivity index is 1.44. The first-order valence-corrected chi connectivity index (χ1v) is 10.7. The maximum absolute atomic E-state index is 12.6. The van der Waals surface area contributed by atoms with Gasteiger partial charge in [-0.25, -0.2) is 9.69 Å². The predicted molar refractivity (Wildman–Crippen MR) is 123 cm³/mol. The Morgan fingerprint density at radius 3 is 2.52 bits per heavy atom. The number of imide groups is 1. The molecule has 31 heavy (non-hydrogen) atoms. The summed E-state index contributed by atoms with van der Waals surface area (Å²) >= 11 is 7.29. The van der Waals surface area contributed by atoms with Gasteiger partial charge in [0, 0.05) is 15.6 Å². The second-order valence-electron chi connectivity index (χ2n) is 7.04. The second-order valence-corrected chi connectivity index (χ2v) is 8.42. The van der Waals surface area contributed by atoms with Crippen LogP contribution in [0.15, 0.2) is 65.7 Å². The molecule has 0 bridgehead atoms. The number of nitrogens with one attached hydrogen (secondary N) is 2. The molecule has 3 aromatic rings. The number of halogens is 1. The number of hydrogen-bond donors (Lipinski definition) is 2. The van der Waals surface area contributed by atoms with Crippen LogP contribution < -0.4 is 10.6 Å². The molecule has 4 amide bonds. The molecular weight excluding hydrogens is 434 g/mol. The number of aryl methyl sites for hydroxylation is 1. The van der Waals surface area contributed by atoms with Crippen molar-refractivity contribution in [3.8, 4) is 11.1 Å².